The van der Waals surface area contributed by atoms with Gasteiger partial charge in [0.25, 0.3) is 5.91 Å². The molecule has 0 radical (unpaired) electrons. The molecule has 3 heteroatoms. The van der Waals surface area contributed by atoms with Crippen LogP contribution >= 0.6 is 0 Å². The summed E-state index contributed by atoms with van der Waals surface area (Å²) in [4.78, 5) is 15.1. The Morgan fingerprint density at radius 1 is 1.36 bits per heavy atom. The molecule has 1 aromatic carbocycles. The number of aliphatic imine (C=N–C) groups is 1. The fourth-order valence-corrected chi connectivity index (χ4v) is 1.83. The van der Waals surface area contributed by atoms with E-state index in [0.29, 0.717) is 5.56 Å². The second-order valence-electron chi connectivity index (χ2n) is 3.34. The van der Waals surface area contributed by atoms with Gasteiger partial charge in [0.1, 0.15) is 0 Å². The molecule has 1 amide bonds. The van der Waals surface area contributed by atoms with Crippen molar-refractivity contribution in [2.45, 2.75) is 0 Å². The maximum Gasteiger partial charge on any atom is 0.277 e. The third-order valence-corrected chi connectivity index (χ3v) is 2.51. The average molecular weight is 184 g/mol. The average Bonchev–Trinajstić information content (AvgIpc) is 2.61. The molecular weight excluding hydrogens is 176 g/mol. The van der Waals surface area contributed by atoms with Crippen molar-refractivity contribution in [2.24, 2.45) is 4.99 Å². The standard InChI is InChI=1S/C11H8N2O/c14-11-8-4-3-7-2-1-5-12-10(7)9(8)6-13-11/h1-4,6,12H,5H2. The summed E-state index contributed by atoms with van der Waals surface area (Å²) in [7, 11) is 0. The summed E-state index contributed by atoms with van der Waals surface area (Å²) >= 11 is 0. The number of anilines is 1. The van der Waals surface area contributed by atoms with E-state index in [2.05, 4.69) is 22.5 Å². The summed E-state index contributed by atoms with van der Waals surface area (Å²) in [5.74, 6) is -0.140. The molecule has 1 aromatic rings. The van der Waals surface area contributed by atoms with Crippen molar-refractivity contribution >= 4 is 23.9 Å². The van der Waals surface area contributed by atoms with Crippen LogP contribution in [-0.2, 0) is 0 Å². The lowest BCUT2D eigenvalue weighted by Crippen LogP contribution is -2.08. The van der Waals surface area contributed by atoms with Gasteiger partial charge in [0.2, 0.25) is 0 Å². The second-order valence-corrected chi connectivity index (χ2v) is 3.34. The largest absolute Gasteiger partial charge is 0.381 e. The molecule has 0 atom stereocenters. The van der Waals surface area contributed by atoms with E-state index >= 15 is 0 Å². The lowest BCUT2D eigenvalue weighted by molar-refractivity contribution is 0.101. The Morgan fingerprint density at radius 2 is 2.29 bits per heavy atom. The molecule has 0 spiro atoms. The van der Waals surface area contributed by atoms with Crippen molar-refractivity contribution in [1.82, 2.24) is 0 Å². The van der Waals surface area contributed by atoms with Gasteiger partial charge in [-0.1, -0.05) is 18.2 Å². The van der Waals surface area contributed by atoms with Gasteiger partial charge in [0.05, 0.1) is 11.3 Å². The Labute approximate surface area is 81.2 Å². The normalized spacial score (nSPS) is 16.4. The molecule has 14 heavy (non-hydrogen) atoms. The van der Waals surface area contributed by atoms with Crippen LogP contribution in [0.4, 0.5) is 5.69 Å². The van der Waals surface area contributed by atoms with Gasteiger partial charge in [0.15, 0.2) is 0 Å². The van der Waals surface area contributed by atoms with Crippen LogP contribution in [0.1, 0.15) is 21.5 Å². The highest BCUT2D eigenvalue weighted by Crippen LogP contribution is 2.29. The van der Waals surface area contributed by atoms with Crippen LogP contribution in [0.25, 0.3) is 6.08 Å². The van der Waals surface area contributed by atoms with E-state index in [0.717, 1.165) is 23.4 Å². The van der Waals surface area contributed by atoms with E-state index in [1.165, 1.54) is 0 Å². The van der Waals surface area contributed by atoms with Crippen LogP contribution in [0.15, 0.2) is 23.2 Å². The number of rotatable bonds is 0. The van der Waals surface area contributed by atoms with Crippen molar-refractivity contribution < 1.29 is 4.79 Å². The molecule has 1 N–H and O–H groups in total. The molecule has 0 bridgehead atoms. The summed E-state index contributed by atoms with van der Waals surface area (Å²) in [6.45, 7) is 0.811. The highest BCUT2D eigenvalue weighted by atomic mass is 16.1. The summed E-state index contributed by atoms with van der Waals surface area (Å²) in [5, 5.41) is 3.25. The minimum atomic E-state index is -0.140. The highest BCUT2D eigenvalue weighted by molar-refractivity contribution is 6.16. The number of hydrogen-bond acceptors (Lipinski definition) is 2. The van der Waals surface area contributed by atoms with Crippen LogP contribution in [0.2, 0.25) is 0 Å². The van der Waals surface area contributed by atoms with E-state index in [-0.39, 0.29) is 5.91 Å². The van der Waals surface area contributed by atoms with Crippen molar-refractivity contribution in [1.29, 1.82) is 0 Å². The first-order valence-corrected chi connectivity index (χ1v) is 4.52. The maximum atomic E-state index is 11.3. The predicted molar refractivity (Wildman–Crippen MR) is 55.9 cm³/mol. The zero-order chi connectivity index (χ0) is 9.54. The van der Waals surface area contributed by atoms with Gasteiger partial charge in [-0.2, -0.15) is 0 Å². The summed E-state index contributed by atoms with van der Waals surface area (Å²) in [6.07, 6.45) is 5.76. The molecule has 0 aromatic heterocycles. The SMILES string of the molecule is O=C1N=Cc2c1ccc1c2NCC=C1. The lowest BCUT2D eigenvalue weighted by atomic mass is 10.0. The molecule has 3 nitrogen and oxygen atoms in total. The van der Waals surface area contributed by atoms with Gasteiger partial charge in [-0.25, -0.2) is 4.99 Å². The van der Waals surface area contributed by atoms with Gasteiger partial charge in [-0.05, 0) is 11.6 Å². The topological polar surface area (TPSA) is 41.5 Å². The quantitative estimate of drug-likeness (QED) is 0.666. The first kappa shape index (κ1) is 7.50. The number of fused-ring (bicyclic) bond motifs is 3. The summed E-state index contributed by atoms with van der Waals surface area (Å²) in [5.41, 5.74) is 3.78. The van der Waals surface area contributed by atoms with Gasteiger partial charge < -0.3 is 5.32 Å². The van der Waals surface area contributed by atoms with E-state index in [1.807, 2.05) is 12.1 Å². The molecule has 2 aliphatic rings. The van der Waals surface area contributed by atoms with E-state index < -0.39 is 0 Å². The van der Waals surface area contributed by atoms with E-state index in [9.17, 15) is 4.79 Å². The van der Waals surface area contributed by atoms with Crippen molar-refractivity contribution in [3.8, 4) is 0 Å². The number of carbonyl (C=O) groups excluding carboxylic acids is 1. The fraction of sp³-hybridized carbons (Fsp3) is 0.0909. The molecule has 0 saturated heterocycles. The lowest BCUT2D eigenvalue weighted by Gasteiger charge is -2.15. The molecule has 3 rings (SSSR count). The number of hydrogen-bond donors (Lipinski definition) is 1. The number of benzene rings is 1. The number of amides is 1. The molecule has 2 aliphatic heterocycles. The van der Waals surface area contributed by atoms with Gasteiger partial charge in [-0.3, -0.25) is 4.79 Å². The van der Waals surface area contributed by atoms with Crippen molar-refractivity contribution in [3.05, 3.63) is 34.9 Å². The minimum absolute atomic E-state index is 0.140. The Bertz CT molecular complexity index is 486. The molecule has 2 heterocycles. The molecule has 0 aliphatic carbocycles. The monoisotopic (exact) mass is 184 g/mol. The highest BCUT2D eigenvalue weighted by Gasteiger charge is 2.20. The Balaban J connectivity index is 2.31. The first-order chi connectivity index (χ1) is 6.86. The fourth-order valence-electron chi connectivity index (χ4n) is 1.83. The third kappa shape index (κ3) is 0.865. The number of carbonyl (C=O) groups is 1. The van der Waals surface area contributed by atoms with Crippen LogP contribution in [0.5, 0.6) is 0 Å². The molecular formula is C11H8N2O. The van der Waals surface area contributed by atoms with Crippen LogP contribution in [0.3, 0.4) is 0 Å². The number of nitrogens with one attached hydrogen (secondary N) is 1. The van der Waals surface area contributed by atoms with Gasteiger partial charge >= 0.3 is 0 Å². The molecule has 68 valence electrons. The third-order valence-electron chi connectivity index (χ3n) is 2.51. The van der Waals surface area contributed by atoms with Crippen LogP contribution in [0, 0.1) is 0 Å². The van der Waals surface area contributed by atoms with Crippen molar-refractivity contribution in [3.63, 3.8) is 0 Å². The number of nitrogens with zero attached hydrogens (tertiary/aromatic N) is 1. The van der Waals surface area contributed by atoms with E-state index in [4.69, 9.17) is 0 Å². The zero-order valence-electron chi connectivity index (χ0n) is 7.45. The predicted octanol–water partition coefficient (Wildman–Crippen LogP) is 1.70. The minimum Gasteiger partial charge on any atom is -0.381 e. The Hall–Kier alpha value is -1.90. The van der Waals surface area contributed by atoms with Gasteiger partial charge in [-0.15, -0.1) is 0 Å². The Kier molecular flexibility index (Phi) is 1.36. The van der Waals surface area contributed by atoms with E-state index in [1.54, 1.807) is 6.21 Å². The maximum absolute atomic E-state index is 11.3. The first-order valence-electron chi connectivity index (χ1n) is 4.52. The Morgan fingerprint density at radius 3 is 3.21 bits per heavy atom. The smallest absolute Gasteiger partial charge is 0.277 e. The molecule has 0 unspecified atom stereocenters. The van der Waals surface area contributed by atoms with Crippen LogP contribution in [-0.4, -0.2) is 18.7 Å². The second kappa shape index (κ2) is 2.54. The van der Waals surface area contributed by atoms with Crippen LogP contribution < -0.4 is 5.32 Å². The zero-order valence-corrected chi connectivity index (χ0v) is 7.45. The molecule has 0 fully saturated rings. The molecule has 0 saturated carbocycles. The summed E-state index contributed by atoms with van der Waals surface area (Å²) < 4.78 is 0. The summed E-state index contributed by atoms with van der Waals surface area (Å²) in [6, 6.07) is 3.78. The van der Waals surface area contributed by atoms with Gasteiger partial charge in [0, 0.05) is 18.3 Å². The van der Waals surface area contributed by atoms with Crippen molar-refractivity contribution in [2.75, 3.05) is 11.9 Å².